The Balaban J connectivity index is 1.75. The Morgan fingerprint density at radius 1 is 1.26 bits per heavy atom. The Morgan fingerprint density at radius 2 is 1.96 bits per heavy atom. The Labute approximate surface area is 151 Å². The zero-order chi connectivity index (χ0) is 20.0. The maximum absolute atomic E-state index is 11.6. The van der Waals surface area contributed by atoms with Crippen molar-refractivity contribution < 1.29 is 42.7 Å². The first-order chi connectivity index (χ1) is 12.5. The van der Waals surface area contributed by atoms with E-state index < -0.39 is 46.6 Å². The smallest absolute Gasteiger partial charge is 0.387 e. The van der Waals surface area contributed by atoms with E-state index in [9.17, 15) is 24.2 Å². The summed E-state index contributed by atoms with van der Waals surface area (Å²) in [7, 11) is -9.17. The van der Waals surface area contributed by atoms with Gasteiger partial charge in [0.1, 0.15) is 30.2 Å². The van der Waals surface area contributed by atoms with Crippen molar-refractivity contribution in [3.63, 3.8) is 0 Å². The fraction of sp³-hybridized carbons (Fsp3) is 0.545. The fourth-order valence-corrected chi connectivity index (χ4v) is 4.59. The van der Waals surface area contributed by atoms with Crippen molar-refractivity contribution >= 4 is 32.4 Å². The largest absolute Gasteiger partial charge is 0.479 e. The number of hydrogen-bond acceptors (Lipinski definition) is 11. The Kier molecular flexibility index (Phi) is 5.38. The van der Waals surface area contributed by atoms with E-state index in [2.05, 4.69) is 23.8 Å². The van der Waals surface area contributed by atoms with E-state index in [1.165, 1.54) is 17.2 Å². The zero-order valence-corrected chi connectivity index (χ0v) is 15.6. The second-order valence-electron chi connectivity index (χ2n) is 5.78. The number of fused-ring (bicyclic) bond motifs is 1. The first kappa shape index (κ1) is 20.3. The summed E-state index contributed by atoms with van der Waals surface area (Å²) in [6.07, 6.45) is -2.90. The van der Waals surface area contributed by atoms with Crippen LogP contribution in [0.1, 0.15) is 6.23 Å². The zero-order valence-electron chi connectivity index (χ0n) is 13.8. The van der Waals surface area contributed by atoms with Crippen LogP contribution in [0.3, 0.4) is 0 Å². The molecule has 16 heteroatoms. The van der Waals surface area contributed by atoms with E-state index in [1.54, 1.807) is 0 Å². The van der Waals surface area contributed by atoms with Gasteiger partial charge in [0.15, 0.2) is 17.7 Å². The van der Waals surface area contributed by atoms with E-state index in [0.717, 1.165) is 0 Å². The molecule has 1 aliphatic heterocycles. The molecule has 0 aliphatic carbocycles. The van der Waals surface area contributed by atoms with Gasteiger partial charge in [-0.05, 0) is 0 Å². The number of nitrogens with zero attached hydrogens (tertiary/aromatic N) is 4. The number of nitrogens with two attached hydrogens (primary N) is 1. The molecule has 1 aliphatic rings. The van der Waals surface area contributed by atoms with Crippen molar-refractivity contribution in [3.8, 4) is 0 Å². The molecule has 3 heterocycles. The van der Waals surface area contributed by atoms with Crippen LogP contribution >= 0.6 is 15.4 Å². The van der Waals surface area contributed by atoms with Gasteiger partial charge in [-0.2, -0.15) is 0 Å². The Bertz CT molecular complexity index is 932. The minimum atomic E-state index is -4.88. The third kappa shape index (κ3) is 4.35. The number of aliphatic hydroxyl groups is 2. The number of phosphoric acid groups is 1. The summed E-state index contributed by atoms with van der Waals surface area (Å²) in [5.41, 5.74) is 6.19. The van der Waals surface area contributed by atoms with Crippen LogP contribution in [0.15, 0.2) is 12.7 Å². The van der Waals surface area contributed by atoms with Crippen LogP contribution in [0.4, 0.5) is 5.82 Å². The van der Waals surface area contributed by atoms with Crippen LogP contribution in [0.2, 0.25) is 0 Å². The van der Waals surface area contributed by atoms with E-state index in [-0.39, 0.29) is 17.0 Å². The molecule has 6 N–H and O–H groups in total. The van der Waals surface area contributed by atoms with Crippen LogP contribution in [-0.4, -0.2) is 71.1 Å². The topological polar surface area (TPSA) is 212 Å². The second-order valence-corrected chi connectivity index (χ2v) is 9.23. The van der Waals surface area contributed by atoms with E-state index in [4.69, 9.17) is 15.4 Å². The third-order valence-electron chi connectivity index (χ3n) is 3.66. The molecule has 2 aromatic rings. The minimum Gasteiger partial charge on any atom is -0.387 e. The third-order valence-corrected chi connectivity index (χ3v) is 6.17. The van der Waals surface area contributed by atoms with E-state index >= 15 is 0 Å². The van der Waals surface area contributed by atoms with Gasteiger partial charge in [0, 0.05) is 6.66 Å². The maximum atomic E-state index is 11.6. The molecule has 0 aromatic carbocycles. The molecule has 3 rings (SSSR count). The highest BCUT2D eigenvalue weighted by Crippen LogP contribution is 2.58. The van der Waals surface area contributed by atoms with Crippen molar-refractivity contribution in [2.75, 3.05) is 19.0 Å². The number of nitrogen functional groups attached to an aromatic ring is 1. The van der Waals surface area contributed by atoms with Crippen LogP contribution < -0.4 is 5.73 Å². The molecule has 0 amide bonds. The van der Waals surface area contributed by atoms with Gasteiger partial charge in [-0.15, -0.1) is 0 Å². The van der Waals surface area contributed by atoms with Gasteiger partial charge in [0.2, 0.25) is 0 Å². The van der Waals surface area contributed by atoms with Crippen molar-refractivity contribution in [3.05, 3.63) is 12.7 Å². The van der Waals surface area contributed by atoms with Crippen LogP contribution in [0.25, 0.3) is 11.2 Å². The molecule has 0 saturated carbocycles. The van der Waals surface area contributed by atoms with Gasteiger partial charge in [-0.1, -0.05) is 0 Å². The monoisotopic (exact) mass is 425 g/mol. The number of anilines is 1. The molecule has 0 radical (unpaired) electrons. The highest BCUT2D eigenvalue weighted by molar-refractivity contribution is 7.63. The lowest BCUT2D eigenvalue weighted by Gasteiger charge is -2.18. The number of imidazole rings is 1. The molecule has 150 valence electrons. The standard InChI is InChI=1S/C11H17N5O9P2/c1-26(19,20)25-27(21,22)23-2-5-7(17)8(18)11(24-5)16-4-15-6-9(12)13-3-14-10(6)16/h3-5,7-8,11,17-18H,2H2,1H3,(H,19,20)(H,21,22)(H2,12,13,14)/t5-,7-,8-,11-/m1/s1. The van der Waals surface area contributed by atoms with Gasteiger partial charge in [0.05, 0.1) is 12.9 Å². The lowest BCUT2D eigenvalue weighted by atomic mass is 10.1. The summed E-state index contributed by atoms with van der Waals surface area (Å²) in [6.45, 7) is 0.00387. The quantitative estimate of drug-likeness (QED) is 0.351. The van der Waals surface area contributed by atoms with Gasteiger partial charge >= 0.3 is 15.4 Å². The predicted molar refractivity (Wildman–Crippen MR) is 88.3 cm³/mol. The van der Waals surface area contributed by atoms with Gasteiger partial charge in [-0.3, -0.25) is 13.7 Å². The molecule has 14 nitrogen and oxygen atoms in total. The fourth-order valence-electron chi connectivity index (χ4n) is 2.54. The number of ether oxygens (including phenoxy) is 1. The van der Waals surface area contributed by atoms with Crippen LogP contribution in [0, 0.1) is 0 Å². The van der Waals surface area contributed by atoms with E-state index in [1.807, 2.05) is 0 Å². The maximum Gasteiger partial charge on any atom is 0.479 e. The lowest BCUT2D eigenvalue weighted by molar-refractivity contribution is -0.0501. The van der Waals surface area contributed by atoms with Crippen molar-refractivity contribution in [1.29, 1.82) is 0 Å². The highest BCUT2D eigenvalue weighted by atomic mass is 31.3. The van der Waals surface area contributed by atoms with Crippen molar-refractivity contribution in [2.45, 2.75) is 24.5 Å². The normalized spacial score (nSPS) is 30.3. The molecule has 2 unspecified atom stereocenters. The molecular formula is C11H17N5O9P2. The molecule has 1 saturated heterocycles. The van der Waals surface area contributed by atoms with Gasteiger partial charge in [-0.25, -0.2) is 23.8 Å². The summed E-state index contributed by atoms with van der Waals surface area (Å²) < 4.78 is 38.1. The van der Waals surface area contributed by atoms with Crippen molar-refractivity contribution in [1.82, 2.24) is 19.5 Å². The SMILES string of the molecule is CP(=O)(O)OP(=O)(O)OC[C@H]1O[C@@H](n2cnc3c(N)ncnc32)[C@H](O)[C@@H]1O. The lowest BCUT2D eigenvalue weighted by Crippen LogP contribution is -2.33. The number of aromatic nitrogens is 4. The summed E-state index contributed by atoms with van der Waals surface area (Å²) >= 11 is 0. The first-order valence-corrected chi connectivity index (χ1v) is 10.9. The average Bonchev–Trinajstić information content (AvgIpc) is 3.07. The highest BCUT2D eigenvalue weighted by Gasteiger charge is 2.45. The molecule has 6 atom stereocenters. The first-order valence-electron chi connectivity index (χ1n) is 7.42. The van der Waals surface area contributed by atoms with Crippen LogP contribution in [0.5, 0.6) is 0 Å². The van der Waals surface area contributed by atoms with Gasteiger partial charge < -0.3 is 30.5 Å². The molecular weight excluding hydrogens is 408 g/mol. The Morgan fingerprint density at radius 3 is 2.63 bits per heavy atom. The van der Waals surface area contributed by atoms with Gasteiger partial charge in [0.25, 0.3) is 0 Å². The summed E-state index contributed by atoms with van der Waals surface area (Å²) in [4.78, 5) is 30.2. The van der Waals surface area contributed by atoms with E-state index in [0.29, 0.717) is 6.66 Å². The minimum absolute atomic E-state index is 0.109. The average molecular weight is 425 g/mol. The molecule has 1 fully saturated rings. The summed E-state index contributed by atoms with van der Waals surface area (Å²) in [5.74, 6) is 0.109. The summed E-state index contributed by atoms with van der Waals surface area (Å²) in [5, 5.41) is 20.4. The summed E-state index contributed by atoms with van der Waals surface area (Å²) in [6, 6.07) is 0. The van der Waals surface area contributed by atoms with Crippen LogP contribution in [-0.2, 0) is 22.7 Å². The predicted octanol–water partition coefficient (Wildman–Crippen LogP) is -1.02. The Hall–Kier alpha value is -1.47. The molecule has 0 bridgehead atoms. The number of aliphatic hydroxyl groups excluding tert-OH is 2. The number of phosphoric ester groups is 1. The molecule has 27 heavy (non-hydrogen) atoms. The molecule has 2 aromatic heterocycles. The number of rotatable bonds is 6. The second kappa shape index (κ2) is 7.17. The van der Waals surface area contributed by atoms with Crippen molar-refractivity contribution in [2.24, 2.45) is 0 Å². The molecule has 0 spiro atoms. The number of hydrogen-bond donors (Lipinski definition) is 5.